The summed E-state index contributed by atoms with van der Waals surface area (Å²) in [5.74, 6) is -4.02. The van der Waals surface area contributed by atoms with Crippen LogP contribution in [0.3, 0.4) is 0 Å². The highest BCUT2D eigenvalue weighted by molar-refractivity contribution is 6.53. The number of benzene rings is 1. The third kappa shape index (κ3) is 2.60. The first kappa shape index (κ1) is 23.4. The minimum Gasteiger partial charge on any atom is -0.507 e. The van der Waals surface area contributed by atoms with Crippen molar-refractivity contribution < 1.29 is 24.3 Å². The van der Waals surface area contributed by atoms with Crippen molar-refractivity contribution in [1.29, 1.82) is 0 Å². The number of phenols is 1. The Kier molecular flexibility index (Phi) is 5.02. The number of hydrogen-bond donors (Lipinski definition) is 1. The molecule has 1 N–H and O–H groups in total. The number of hydrogen-bond acceptors (Lipinski definition) is 5. The fraction of sp³-hybridized carbons (Fsp3) is 0.520. The van der Waals surface area contributed by atoms with Gasteiger partial charge in [0.15, 0.2) is 9.75 Å². The first-order chi connectivity index (χ1) is 15.9. The minimum atomic E-state index is -1.80. The maximum absolute atomic E-state index is 13.5. The molecule has 2 aliphatic heterocycles. The molecule has 0 radical (unpaired) electrons. The topological polar surface area (TPSA) is 95.0 Å². The summed E-state index contributed by atoms with van der Waals surface area (Å²) in [6.07, 6.45) is 2.25. The number of phenolic OH excluding ortho intramolecular Hbond substituents is 1. The average Bonchev–Trinajstić information content (AvgIpc) is 3.11. The summed E-state index contributed by atoms with van der Waals surface area (Å²) in [6.45, 7) is 5.53. The zero-order valence-corrected chi connectivity index (χ0v) is 20.9. The van der Waals surface area contributed by atoms with E-state index >= 15 is 0 Å². The number of carbonyl (C=O) groups excluding carboxylic acids is 4. The summed E-state index contributed by atoms with van der Waals surface area (Å²) in [5, 5.41) is 10.4. The largest absolute Gasteiger partial charge is 0.507 e. The van der Waals surface area contributed by atoms with Crippen molar-refractivity contribution in [2.24, 2.45) is 17.8 Å². The van der Waals surface area contributed by atoms with E-state index in [4.69, 9.17) is 23.2 Å². The molecule has 0 spiro atoms. The molecule has 2 saturated heterocycles. The van der Waals surface area contributed by atoms with Gasteiger partial charge in [-0.05, 0) is 56.2 Å². The maximum atomic E-state index is 13.5. The summed E-state index contributed by atoms with van der Waals surface area (Å²) < 4.78 is 0. The van der Waals surface area contributed by atoms with Gasteiger partial charge in [0.25, 0.3) is 11.8 Å². The van der Waals surface area contributed by atoms with Crippen LogP contribution in [0.4, 0.5) is 0 Å². The molecule has 0 aromatic heterocycles. The van der Waals surface area contributed by atoms with Gasteiger partial charge in [0, 0.05) is 19.5 Å². The molecule has 6 atom stereocenters. The smallest absolute Gasteiger partial charge is 0.253 e. The van der Waals surface area contributed by atoms with Gasteiger partial charge in [-0.2, -0.15) is 0 Å². The van der Waals surface area contributed by atoms with Crippen LogP contribution in [0.15, 0.2) is 23.8 Å². The Balaban J connectivity index is 1.76. The fourth-order valence-electron chi connectivity index (χ4n) is 6.65. The summed E-state index contributed by atoms with van der Waals surface area (Å²) in [4.78, 5) is 51.8. The molecular weight excluding hydrogens is 479 g/mol. The molecule has 1 saturated carbocycles. The molecule has 180 valence electrons. The zero-order chi connectivity index (χ0) is 24.9. The standard InChI is InChI=1S/C25H26Cl2N2O5/c1-5-29-20(31)15-7-6-14-16(17(15)21(29)32)10-24(26)22(33)28(4)23(34)25(24,27)18(14)13-8-11(2)19(30)12(3)9-13/h6,8-9,15-18,30H,5,7,10H2,1-4H3. The fourth-order valence-corrected chi connectivity index (χ4v) is 7.67. The molecule has 2 heterocycles. The van der Waals surface area contributed by atoms with Crippen LogP contribution in [0, 0.1) is 31.6 Å². The second-order valence-electron chi connectivity index (χ2n) is 9.92. The minimum absolute atomic E-state index is 0.0108. The lowest BCUT2D eigenvalue weighted by atomic mass is 9.56. The van der Waals surface area contributed by atoms with Crippen LogP contribution in [-0.4, -0.2) is 61.9 Å². The van der Waals surface area contributed by atoms with Gasteiger partial charge in [0.1, 0.15) is 5.75 Å². The second kappa shape index (κ2) is 7.31. The van der Waals surface area contributed by atoms with E-state index in [1.807, 2.05) is 6.08 Å². The molecule has 4 amide bonds. The van der Waals surface area contributed by atoms with Crippen LogP contribution in [-0.2, 0) is 19.2 Å². The van der Waals surface area contributed by atoms with E-state index in [1.165, 1.54) is 11.9 Å². The van der Waals surface area contributed by atoms with E-state index in [1.54, 1.807) is 32.9 Å². The molecule has 34 heavy (non-hydrogen) atoms. The molecule has 0 bridgehead atoms. The van der Waals surface area contributed by atoms with E-state index in [0.717, 1.165) is 10.5 Å². The highest BCUT2D eigenvalue weighted by Crippen LogP contribution is 2.65. The van der Waals surface area contributed by atoms with Crippen molar-refractivity contribution in [3.8, 4) is 5.75 Å². The van der Waals surface area contributed by atoms with E-state index in [0.29, 0.717) is 23.1 Å². The molecule has 7 nitrogen and oxygen atoms in total. The number of aryl methyl sites for hydroxylation is 2. The number of amides is 4. The molecule has 1 aromatic carbocycles. The molecule has 2 aliphatic carbocycles. The number of nitrogens with zero attached hydrogens (tertiary/aromatic N) is 2. The Bertz CT molecular complexity index is 1190. The van der Waals surface area contributed by atoms with Gasteiger partial charge in [-0.1, -0.05) is 23.8 Å². The highest BCUT2D eigenvalue weighted by atomic mass is 35.5. The average molecular weight is 505 g/mol. The van der Waals surface area contributed by atoms with Gasteiger partial charge >= 0.3 is 0 Å². The van der Waals surface area contributed by atoms with Crippen molar-refractivity contribution >= 4 is 46.8 Å². The Hall–Kier alpha value is -2.38. The third-order valence-electron chi connectivity index (χ3n) is 8.27. The van der Waals surface area contributed by atoms with E-state index in [2.05, 4.69) is 0 Å². The van der Waals surface area contributed by atoms with Gasteiger partial charge < -0.3 is 5.11 Å². The van der Waals surface area contributed by atoms with Gasteiger partial charge in [0.05, 0.1) is 11.8 Å². The normalized spacial score (nSPS) is 37.1. The van der Waals surface area contributed by atoms with Crippen LogP contribution in [0.2, 0.25) is 0 Å². The highest BCUT2D eigenvalue weighted by Gasteiger charge is 2.75. The Morgan fingerprint density at radius 3 is 2.24 bits per heavy atom. The van der Waals surface area contributed by atoms with Gasteiger partial charge in [-0.25, -0.2) is 0 Å². The lowest BCUT2D eigenvalue weighted by Crippen LogP contribution is -2.60. The first-order valence-corrected chi connectivity index (χ1v) is 12.2. The SMILES string of the molecule is CCN1C(=O)C2CC=C3C(CC4(Cl)C(=O)N(C)C(=O)C4(Cl)C3c3cc(C)c(O)c(C)c3)C2C1=O. The zero-order valence-electron chi connectivity index (χ0n) is 19.4. The Morgan fingerprint density at radius 1 is 1.03 bits per heavy atom. The number of rotatable bonds is 2. The van der Waals surface area contributed by atoms with Crippen LogP contribution in [0.5, 0.6) is 5.75 Å². The van der Waals surface area contributed by atoms with Crippen molar-refractivity contribution in [2.45, 2.75) is 49.3 Å². The molecule has 3 fully saturated rings. The van der Waals surface area contributed by atoms with Crippen molar-refractivity contribution in [2.75, 3.05) is 13.6 Å². The molecule has 9 heteroatoms. The maximum Gasteiger partial charge on any atom is 0.253 e. The third-order valence-corrected chi connectivity index (χ3v) is 9.68. The van der Waals surface area contributed by atoms with Crippen LogP contribution < -0.4 is 0 Å². The summed E-state index contributed by atoms with van der Waals surface area (Å²) in [6, 6.07) is 3.50. The van der Waals surface area contributed by atoms with Crippen molar-refractivity contribution in [3.05, 3.63) is 40.5 Å². The number of imide groups is 2. The van der Waals surface area contributed by atoms with E-state index in [-0.39, 0.29) is 30.5 Å². The van der Waals surface area contributed by atoms with Crippen molar-refractivity contribution in [3.63, 3.8) is 0 Å². The number of allylic oxidation sites excluding steroid dienone is 2. The molecule has 4 aliphatic rings. The van der Waals surface area contributed by atoms with Crippen LogP contribution in [0.1, 0.15) is 42.4 Å². The van der Waals surface area contributed by atoms with E-state index in [9.17, 15) is 24.3 Å². The number of likely N-dealkylation sites (tertiary alicyclic amines) is 2. The Labute approximate surface area is 207 Å². The quantitative estimate of drug-likeness (QED) is 0.379. The van der Waals surface area contributed by atoms with Crippen LogP contribution >= 0.6 is 23.2 Å². The van der Waals surface area contributed by atoms with Gasteiger partial charge in [0.2, 0.25) is 11.8 Å². The molecule has 5 rings (SSSR count). The summed E-state index contributed by atoms with van der Waals surface area (Å²) in [5.41, 5.74) is 2.60. The summed E-state index contributed by atoms with van der Waals surface area (Å²) in [7, 11) is 1.37. The molecular formula is C25H26Cl2N2O5. The van der Waals surface area contributed by atoms with Crippen molar-refractivity contribution in [1.82, 2.24) is 9.80 Å². The lowest BCUT2D eigenvalue weighted by Gasteiger charge is -2.51. The number of halogens is 2. The Morgan fingerprint density at radius 2 is 1.65 bits per heavy atom. The first-order valence-electron chi connectivity index (χ1n) is 11.5. The number of alkyl halides is 2. The predicted molar refractivity (Wildman–Crippen MR) is 125 cm³/mol. The predicted octanol–water partition coefficient (Wildman–Crippen LogP) is 3.02. The number of aromatic hydroxyl groups is 1. The van der Waals surface area contributed by atoms with Gasteiger partial charge in [-0.15, -0.1) is 23.2 Å². The molecule has 1 aromatic rings. The molecule has 6 unspecified atom stereocenters. The monoisotopic (exact) mass is 504 g/mol. The van der Waals surface area contributed by atoms with Crippen LogP contribution in [0.25, 0.3) is 0 Å². The number of fused-ring (bicyclic) bond motifs is 4. The summed E-state index contributed by atoms with van der Waals surface area (Å²) >= 11 is 14.2. The second-order valence-corrected chi connectivity index (χ2v) is 11.2. The van der Waals surface area contributed by atoms with E-state index < -0.39 is 45.2 Å². The lowest BCUT2D eigenvalue weighted by molar-refractivity contribution is -0.141. The number of carbonyl (C=O) groups is 4. The van der Waals surface area contributed by atoms with Gasteiger partial charge in [-0.3, -0.25) is 29.0 Å².